The van der Waals surface area contributed by atoms with Crippen molar-refractivity contribution >= 4 is 28.3 Å². The first-order valence-electron chi connectivity index (χ1n) is 7.63. The van der Waals surface area contributed by atoms with Gasteiger partial charge in [0.05, 0.1) is 13.7 Å². The van der Waals surface area contributed by atoms with E-state index in [0.29, 0.717) is 0 Å². The topological polar surface area (TPSA) is 71.5 Å². The van der Waals surface area contributed by atoms with Gasteiger partial charge < -0.3 is 10.1 Å². The normalized spacial score (nSPS) is 18.0. The second-order valence-electron chi connectivity index (χ2n) is 5.64. The van der Waals surface area contributed by atoms with Crippen molar-refractivity contribution in [1.29, 1.82) is 0 Å². The molecule has 1 unspecified atom stereocenters. The summed E-state index contributed by atoms with van der Waals surface area (Å²) in [5.41, 5.74) is 0.738. The molecule has 1 aromatic carbocycles. The van der Waals surface area contributed by atoms with Gasteiger partial charge in [-0.1, -0.05) is 6.07 Å². The predicted octanol–water partition coefficient (Wildman–Crippen LogP) is 1.81. The molecule has 2 heterocycles. The van der Waals surface area contributed by atoms with Gasteiger partial charge in [0.15, 0.2) is 0 Å². The number of amides is 1. The van der Waals surface area contributed by atoms with Crippen LogP contribution in [0.2, 0.25) is 0 Å². The highest BCUT2D eigenvalue weighted by atomic mass is 16.5. The van der Waals surface area contributed by atoms with Crippen LogP contribution in [0.25, 0.3) is 10.8 Å². The van der Waals surface area contributed by atoms with Crippen LogP contribution in [0.4, 0.5) is 5.69 Å². The predicted molar refractivity (Wildman–Crippen MR) is 87.0 cm³/mol. The molecule has 0 aliphatic carbocycles. The van der Waals surface area contributed by atoms with Crippen LogP contribution in [0.1, 0.15) is 12.8 Å². The number of anilines is 1. The van der Waals surface area contributed by atoms with Crippen molar-refractivity contribution in [2.75, 3.05) is 25.5 Å². The average molecular weight is 313 g/mol. The number of nitrogens with one attached hydrogen (secondary N) is 1. The van der Waals surface area contributed by atoms with E-state index in [1.54, 1.807) is 12.4 Å². The molecule has 6 nitrogen and oxygen atoms in total. The zero-order chi connectivity index (χ0) is 16.2. The molecule has 1 amide bonds. The fraction of sp³-hybridized carbons (Fsp3) is 0.353. The molecule has 0 spiro atoms. The van der Waals surface area contributed by atoms with Gasteiger partial charge in [-0.3, -0.25) is 19.5 Å². The molecule has 3 rings (SSSR count). The number of carbonyl (C=O) groups is 2. The number of aromatic nitrogens is 1. The number of hydrogen-bond donors (Lipinski definition) is 1. The fourth-order valence-electron chi connectivity index (χ4n) is 2.96. The van der Waals surface area contributed by atoms with Crippen molar-refractivity contribution in [3.8, 4) is 0 Å². The summed E-state index contributed by atoms with van der Waals surface area (Å²) < 4.78 is 4.79. The van der Waals surface area contributed by atoms with Crippen LogP contribution in [-0.4, -0.2) is 48.0 Å². The maximum absolute atomic E-state index is 12.2. The van der Waals surface area contributed by atoms with Crippen LogP contribution in [0, 0.1) is 0 Å². The summed E-state index contributed by atoms with van der Waals surface area (Å²) in [4.78, 5) is 29.9. The van der Waals surface area contributed by atoms with Crippen molar-refractivity contribution < 1.29 is 14.3 Å². The Labute approximate surface area is 134 Å². The third-order valence-corrected chi connectivity index (χ3v) is 4.11. The largest absolute Gasteiger partial charge is 0.468 e. The van der Waals surface area contributed by atoms with E-state index in [4.69, 9.17) is 4.74 Å². The van der Waals surface area contributed by atoms with E-state index in [2.05, 4.69) is 10.3 Å². The maximum atomic E-state index is 12.2. The van der Waals surface area contributed by atoms with Gasteiger partial charge in [-0.2, -0.15) is 0 Å². The van der Waals surface area contributed by atoms with Crippen molar-refractivity contribution in [3.05, 3.63) is 36.7 Å². The van der Waals surface area contributed by atoms with Gasteiger partial charge in [0.25, 0.3) is 0 Å². The van der Waals surface area contributed by atoms with Crippen LogP contribution >= 0.6 is 0 Å². The van der Waals surface area contributed by atoms with Crippen molar-refractivity contribution in [3.63, 3.8) is 0 Å². The molecule has 1 saturated heterocycles. The number of nitrogens with zero attached hydrogens (tertiary/aromatic N) is 2. The van der Waals surface area contributed by atoms with Crippen LogP contribution < -0.4 is 5.32 Å². The lowest BCUT2D eigenvalue weighted by Gasteiger charge is -2.21. The summed E-state index contributed by atoms with van der Waals surface area (Å²) >= 11 is 0. The number of ether oxygens (including phenoxy) is 1. The van der Waals surface area contributed by atoms with E-state index in [1.165, 1.54) is 7.11 Å². The second kappa shape index (κ2) is 6.75. The lowest BCUT2D eigenvalue weighted by Crippen LogP contribution is -2.41. The van der Waals surface area contributed by atoms with Gasteiger partial charge in [-0.15, -0.1) is 0 Å². The summed E-state index contributed by atoms with van der Waals surface area (Å²) in [6, 6.07) is 7.28. The van der Waals surface area contributed by atoms with Crippen LogP contribution in [0.3, 0.4) is 0 Å². The molecule has 0 radical (unpaired) electrons. The van der Waals surface area contributed by atoms with E-state index in [-0.39, 0.29) is 24.5 Å². The molecule has 1 aliphatic rings. The van der Waals surface area contributed by atoms with Crippen LogP contribution in [0.15, 0.2) is 36.7 Å². The number of fused-ring (bicyclic) bond motifs is 1. The smallest absolute Gasteiger partial charge is 0.323 e. The van der Waals surface area contributed by atoms with Crippen LogP contribution in [0.5, 0.6) is 0 Å². The average Bonchev–Trinajstić information content (AvgIpc) is 3.02. The first kappa shape index (κ1) is 15.4. The molecule has 1 aromatic heterocycles. The molecule has 0 saturated carbocycles. The SMILES string of the molecule is COC(=O)C1CCCN1CC(=O)Nc1ccc2cnccc2c1. The first-order chi connectivity index (χ1) is 11.2. The summed E-state index contributed by atoms with van der Waals surface area (Å²) in [5.74, 6) is -0.400. The van der Waals surface area contributed by atoms with Crippen molar-refractivity contribution in [2.45, 2.75) is 18.9 Å². The number of esters is 1. The van der Waals surface area contributed by atoms with E-state index in [0.717, 1.165) is 35.8 Å². The number of benzene rings is 1. The van der Waals surface area contributed by atoms with Gasteiger partial charge in [-0.05, 0) is 43.0 Å². The van der Waals surface area contributed by atoms with Gasteiger partial charge in [0, 0.05) is 23.5 Å². The standard InChI is InChI=1S/C17H19N3O3/c1-23-17(22)15-3-2-8-20(15)11-16(21)19-14-5-4-13-10-18-7-6-12(13)9-14/h4-7,9-10,15H,2-3,8,11H2,1H3,(H,19,21). The zero-order valence-electron chi connectivity index (χ0n) is 13.0. The monoisotopic (exact) mass is 313 g/mol. The van der Waals surface area contributed by atoms with Gasteiger partial charge >= 0.3 is 5.97 Å². The number of methoxy groups -OCH3 is 1. The van der Waals surface area contributed by atoms with Gasteiger partial charge in [-0.25, -0.2) is 0 Å². The molecule has 1 N–H and O–H groups in total. The summed E-state index contributed by atoms with van der Waals surface area (Å²) in [7, 11) is 1.38. The summed E-state index contributed by atoms with van der Waals surface area (Å²) in [6.45, 7) is 0.921. The molecule has 1 aliphatic heterocycles. The molecular formula is C17H19N3O3. The van der Waals surface area contributed by atoms with Crippen molar-refractivity contribution in [1.82, 2.24) is 9.88 Å². The minimum absolute atomic E-state index is 0.130. The van der Waals surface area contributed by atoms with Gasteiger partial charge in [0.1, 0.15) is 6.04 Å². The number of carbonyl (C=O) groups excluding carboxylic acids is 2. The lowest BCUT2D eigenvalue weighted by molar-refractivity contribution is -0.146. The third-order valence-electron chi connectivity index (χ3n) is 4.11. The molecule has 1 atom stereocenters. The Morgan fingerprint density at radius 3 is 3.04 bits per heavy atom. The number of hydrogen-bond acceptors (Lipinski definition) is 5. The number of rotatable bonds is 4. The lowest BCUT2D eigenvalue weighted by atomic mass is 10.1. The maximum Gasteiger partial charge on any atom is 0.323 e. The Kier molecular flexibility index (Phi) is 4.52. The fourth-order valence-corrected chi connectivity index (χ4v) is 2.96. The Bertz CT molecular complexity index is 732. The molecule has 1 fully saturated rings. The van der Waals surface area contributed by atoms with E-state index in [1.807, 2.05) is 29.2 Å². The molecular weight excluding hydrogens is 294 g/mol. The Hall–Kier alpha value is -2.47. The van der Waals surface area contributed by atoms with Crippen molar-refractivity contribution in [2.24, 2.45) is 0 Å². The Morgan fingerprint density at radius 1 is 1.35 bits per heavy atom. The van der Waals surface area contributed by atoms with E-state index < -0.39 is 0 Å². The van der Waals surface area contributed by atoms with E-state index >= 15 is 0 Å². The number of likely N-dealkylation sites (tertiary alicyclic amines) is 1. The third kappa shape index (κ3) is 3.48. The highest BCUT2D eigenvalue weighted by Gasteiger charge is 2.32. The molecule has 23 heavy (non-hydrogen) atoms. The van der Waals surface area contributed by atoms with E-state index in [9.17, 15) is 9.59 Å². The molecule has 0 bridgehead atoms. The quantitative estimate of drug-likeness (QED) is 0.872. The molecule has 6 heteroatoms. The molecule has 120 valence electrons. The zero-order valence-corrected chi connectivity index (χ0v) is 13.0. The second-order valence-corrected chi connectivity index (χ2v) is 5.64. The first-order valence-corrected chi connectivity index (χ1v) is 7.63. The highest BCUT2D eigenvalue weighted by molar-refractivity contribution is 5.95. The minimum Gasteiger partial charge on any atom is -0.468 e. The van der Waals surface area contributed by atoms with Gasteiger partial charge in [0.2, 0.25) is 5.91 Å². The molecule has 2 aromatic rings. The Balaban J connectivity index is 1.65. The number of pyridine rings is 1. The summed E-state index contributed by atoms with van der Waals surface area (Å²) in [6.07, 6.45) is 5.14. The highest BCUT2D eigenvalue weighted by Crippen LogP contribution is 2.20. The minimum atomic E-state index is -0.312. The van der Waals surface area contributed by atoms with Crippen LogP contribution in [-0.2, 0) is 14.3 Å². The summed E-state index contributed by atoms with van der Waals surface area (Å²) in [5, 5.41) is 4.93. The Morgan fingerprint density at radius 2 is 2.22 bits per heavy atom.